The van der Waals surface area contributed by atoms with E-state index in [9.17, 15) is 0 Å². The molecule has 1 atom stereocenters. The molecule has 3 heteroatoms. The number of ether oxygens (including phenoxy) is 1. The molecule has 0 unspecified atom stereocenters. The minimum Gasteiger partial charge on any atom is -0.459 e. The molecule has 0 aromatic heterocycles. The summed E-state index contributed by atoms with van der Waals surface area (Å²) in [5.74, 6) is 0.841. The molecule has 0 amide bonds. The molecule has 2 aliphatic rings. The van der Waals surface area contributed by atoms with Gasteiger partial charge in [0.25, 0.3) is 0 Å². The Morgan fingerprint density at radius 2 is 1.68 bits per heavy atom. The van der Waals surface area contributed by atoms with Crippen LogP contribution in [0.4, 0.5) is 5.69 Å². The van der Waals surface area contributed by atoms with Crippen LogP contribution in [0.3, 0.4) is 0 Å². The normalized spacial score (nSPS) is 19.8. The SMILES string of the molecule is CN1c2ccccc2-c2ccccc2[C@@]12C=Cc1cc(Cl)ccc1O2. The zero-order chi connectivity index (χ0) is 17.0. The Kier molecular flexibility index (Phi) is 3.01. The molecule has 122 valence electrons. The molecule has 0 saturated carbocycles. The topological polar surface area (TPSA) is 12.5 Å². The number of hydrogen-bond acceptors (Lipinski definition) is 2. The van der Waals surface area contributed by atoms with E-state index in [1.807, 2.05) is 18.2 Å². The first-order valence-electron chi connectivity index (χ1n) is 8.30. The fourth-order valence-corrected chi connectivity index (χ4v) is 4.04. The second-order valence-corrected chi connectivity index (χ2v) is 6.87. The van der Waals surface area contributed by atoms with Crippen LogP contribution in [0.2, 0.25) is 5.02 Å². The molecule has 2 heterocycles. The zero-order valence-corrected chi connectivity index (χ0v) is 14.5. The lowest BCUT2D eigenvalue weighted by Gasteiger charge is -2.47. The Morgan fingerprint density at radius 3 is 2.56 bits per heavy atom. The average molecular weight is 346 g/mol. The number of para-hydroxylation sites is 1. The molecule has 3 aromatic rings. The van der Waals surface area contributed by atoms with Crippen molar-refractivity contribution in [1.82, 2.24) is 0 Å². The number of anilines is 1. The highest BCUT2D eigenvalue weighted by molar-refractivity contribution is 6.30. The third-order valence-electron chi connectivity index (χ3n) is 5.09. The molecule has 5 rings (SSSR count). The van der Waals surface area contributed by atoms with E-state index >= 15 is 0 Å². The summed E-state index contributed by atoms with van der Waals surface area (Å²) in [6, 6.07) is 22.7. The van der Waals surface area contributed by atoms with Crippen molar-refractivity contribution in [1.29, 1.82) is 0 Å². The van der Waals surface area contributed by atoms with Crippen molar-refractivity contribution in [2.24, 2.45) is 0 Å². The van der Waals surface area contributed by atoms with Gasteiger partial charge in [-0.2, -0.15) is 0 Å². The van der Waals surface area contributed by atoms with Crippen LogP contribution in [0.5, 0.6) is 5.75 Å². The maximum atomic E-state index is 6.59. The second-order valence-electron chi connectivity index (χ2n) is 6.44. The Labute approximate surface area is 151 Å². The quantitative estimate of drug-likeness (QED) is 0.517. The van der Waals surface area contributed by atoms with Crippen molar-refractivity contribution in [2.75, 3.05) is 11.9 Å². The van der Waals surface area contributed by atoms with Crippen LogP contribution < -0.4 is 9.64 Å². The Hall–Kier alpha value is -2.71. The lowest BCUT2D eigenvalue weighted by atomic mass is 9.84. The van der Waals surface area contributed by atoms with Crippen molar-refractivity contribution >= 4 is 23.4 Å². The molecule has 0 saturated heterocycles. The molecular weight excluding hydrogens is 330 g/mol. The number of likely N-dealkylation sites (N-methyl/N-ethyl adjacent to an activating group) is 1. The van der Waals surface area contributed by atoms with E-state index in [1.54, 1.807) is 0 Å². The van der Waals surface area contributed by atoms with Gasteiger partial charge in [0.2, 0.25) is 5.72 Å². The summed E-state index contributed by atoms with van der Waals surface area (Å²) in [6.07, 6.45) is 4.23. The maximum Gasteiger partial charge on any atom is 0.229 e. The summed E-state index contributed by atoms with van der Waals surface area (Å²) in [7, 11) is 2.08. The first kappa shape index (κ1) is 14.6. The summed E-state index contributed by atoms with van der Waals surface area (Å²) in [5, 5.41) is 0.714. The van der Waals surface area contributed by atoms with Gasteiger partial charge in [0, 0.05) is 34.4 Å². The highest BCUT2D eigenvalue weighted by Crippen LogP contribution is 2.50. The first-order chi connectivity index (χ1) is 12.2. The first-order valence-corrected chi connectivity index (χ1v) is 8.67. The number of fused-ring (bicyclic) bond motifs is 5. The van der Waals surface area contributed by atoms with E-state index in [-0.39, 0.29) is 0 Å². The van der Waals surface area contributed by atoms with Gasteiger partial charge in [-0.15, -0.1) is 0 Å². The van der Waals surface area contributed by atoms with Crippen LogP contribution in [0.25, 0.3) is 17.2 Å². The molecule has 2 aliphatic heterocycles. The van der Waals surface area contributed by atoms with Crippen LogP contribution in [-0.2, 0) is 5.72 Å². The van der Waals surface area contributed by atoms with E-state index in [1.165, 1.54) is 11.1 Å². The van der Waals surface area contributed by atoms with Gasteiger partial charge in [0.15, 0.2) is 0 Å². The van der Waals surface area contributed by atoms with Gasteiger partial charge < -0.3 is 9.64 Å². The third kappa shape index (κ3) is 1.98. The Balaban J connectivity index is 1.77. The second kappa shape index (κ2) is 5.14. The van der Waals surface area contributed by atoms with E-state index in [4.69, 9.17) is 16.3 Å². The number of hydrogen-bond donors (Lipinski definition) is 0. The lowest BCUT2D eigenvalue weighted by molar-refractivity contribution is 0.116. The minimum atomic E-state index is -0.661. The molecule has 0 aliphatic carbocycles. The smallest absolute Gasteiger partial charge is 0.229 e. The van der Waals surface area contributed by atoms with Gasteiger partial charge in [0.05, 0.1) is 0 Å². The summed E-state index contributed by atoms with van der Waals surface area (Å²) in [6.45, 7) is 0. The summed E-state index contributed by atoms with van der Waals surface area (Å²) < 4.78 is 6.59. The van der Waals surface area contributed by atoms with Gasteiger partial charge >= 0.3 is 0 Å². The number of benzene rings is 3. The number of rotatable bonds is 0. The summed E-state index contributed by atoms with van der Waals surface area (Å²) in [5.41, 5.74) is 5.08. The fourth-order valence-electron chi connectivity index (χ4n) is 3.86. The maximum absolute atomic E-state index is 6.59. The fraction of sp³-hybridized carbons (Fsp3) is 0.0909. The minimum absolute atomic E-state index is 0.661. The molecular formula is C22H16ClNO. The Morgan fingerprint density at radius 1 is 0.920 bits per heavy atom. The average Bonchev–Trinajstić information content (AvgIpc) is 2.66. The van der Waals surface area contributed by atoms with Crippen molar-refractivity contribution in [3.05, 3.63) is 89.0 Å². The van der Waals surface area contributed by atoms with Gasteiger partial charge in [-0.3, -0.25) is 0 Å². The van der Waals surface area contributed by atoms with E-state index in [0.717, 1.165) is 22.6 Å². The summed E-state index contributed by atoms with van der Waals surface area (Å²) >= 11 is 6.13. The molecule has 0 N–H and O–H groups in total. The molecule has 1 spiro atoms. The predicted octanol–water partition coefficient (Wildman–Crippen LogP) is 5.72. The highest BCUT2D eigenvalue weighted by Gasteiger charge is 2.44. The monoisotopic (exact) mass is 345 g/mol. The number of nitrogens with zero attached hydrogens (tertiary/aromatic N) is 1. The molecule has 0 bridgehead atoms. The molecule has 0 fully saturated rings. The highest BCUT2D eigenvalue weighted by atomic mass is 35.5. The molecule has 0 radical (unpaired) electrons. The van der Waals surface area contributed by atoms with E-state index < -0.39 is 5.72 Å². The van der Waals surface area contributed by atoms with E-state index in [2.05, 4.69) is 72.6 Å². The lowest BCUT2D eigenvalue weighted by Crippen LogP contribution is -2.50. The zero-order valence-electron chi connectivity index (χ0n) is 13.7. The van der Waals surface area contributed by atoms with Gasteiger partial charge in [-0.05, 0) is 42.0 Å². The molecule has 25 heavy (non-hydrogen) atoms. The molecule has 2 nitrogen and oxygen atoms in total. The molecule has 3 aromatic carbocycles. The van der Waals surface area contributed by atoms with Gasteiger partial charge in [-0.25, -0.2) is 0 Å². The van der Waals surface area contributed by atoms with Crippen LogP contribution in [-0.4, -0.2) is 7.05 Å². The van der Waals surface area contributed by atoms with Gasteiger partial charge in [0.1, 0.15) is 5.75 Å². The predicted molar refractivity (Wildman–Crippen MR) is 103 cm³/mol. The van der Waals surface area contributed by atoms with Crippen LogP contribution in [0.15, 0.2) is 72.8 Å². The van der Waals surface area contributed by atoms with E-state index in [0.29, 0.717) is 5.02 Å². The van der Waals surface area contributed by atoms with Gasteiger partial charge in [-0.1, -0.05) is 54.1 Å². The van der Waals surface area contributed by atoms with Crippen LogP contribution >= 0.6 is 11.6 Å². The van der Waals surface area contributed by atoms with Crippen molar-refractivity contribution in [3.63, 3.8) is 0 Å². The van der Waals surface area contributed by atoms with Crippen LogP contribution in [0, 0.1) is 0 Å². The largest absolute Gasteiger partial charge is 0.459 e. The van der Waals surface area contributed by atoms with Crippen molar-refractivity contribution in [3.8, 4) is 16.9 Å². The Bertz CT molecular complexity index is 1030. The van der Waals surface area contributed by atoms with Crippen molar-refractivity contribution in [2.45, 2.75) is 5.72 Å². The standard InChI is InChI=1S/C22H16ClNO/c1-24-20-9-5-3-7-18(20)17-6-2-4-8-19(17)22(24)13-12-15-14-16(23)10-11-21(15)25-22/h2-14H,1H3/t22-/m0/s1. The van der Waals surface area contributed by atoms with Crippen LogP contribution in [0.1, 0.15) is 11.1 Å². The third-order valence-corrected chi connectivity index (χ3v) is 5.33. The summed E-state index contributed by atoms with van der Waals surface area (Å²) in [4.78, 5) is 2.21. The van der Waals surface area contributed by atoms with Crippen molar-refractivity contribution < 1.29 is 4.74 Å². The number of halogens is 1.